The molecule has 19 heavy (non-hydrogen) atoms. The Kier molecular flexibility index (Phi) is 7.75. The van der Waals surface area contributed by atoms with Crippen LogP contribution < -0.4 is 14.8 Å². The van der Waals surface area contributed by atoms with Crippen molar-refractivity contribution in [2.24, 2.45) is 5.92 Å². The van der Waals surface area contributed by atoms with Crippen molar-refractivity contribution in [2.75, 3.05) is 32.3 Å². The molecule has 1 unspecified atom stereocenters. The van der Waals surface area contributed by atoms with Crippen molar-refractivity contribution in [3.63, 3.8) is 0 Å². The molecule has 0 amide bonds. The van der Waals surface area contributed by atoms with Gasteiger partial charge in [-0.2, -0.15) is 11.8 Å². The fraction of sp³-hybridized carbons (Fsp3) is 0.600. The Hall–Kier alpha value is -0.870. The monoisotopic (exact) mass is 283 g/mol. The van der Waals surface area contributed by atoms with Gasteiger partial charge in [0.1, 0.15) is 0 Å². The van der Waals surface area contributed by atoms with Crippen molar-refractivity contribution in [3.05, 3.63) is 23.8 Å². The second-order valence-electron chi connectivity index (χ2n) is 4.61. The molecular weight excluding hydrogens is 258 g/mol. The van der Waals surface area contributed by atoms with Crippen LogP contribution in [0.5, 0.6) is 11.5 Å². The number of rotatable bonds is 9. The van der Waals surface area contributed by atoms with Crippen molar-refractivity contribution in [1.82, 2.24) is 5.32 Å². The summed E-state index contributed by atoms with van der Waals surface area (Å²) in [5, 5.41) is 3.48. The van der Waals surface area contributed by atoms with E-state index in [0.717, 1.165) is 24.6 Å². The van der Waals surface area contributed by atoms with Gasteiger partial charge in [-0.3, -0.25) is 0 Å². The predicted molar refractivity (Wildman–Crippen MR) is 83.4 cm³/mol. The van der Waals surface area contributed by atoms with E-state index in [1.165, 1.54) is 11.3 Å². The minimum absolute atomic E-state index is 0.651. The van der Waals surface area contributed by atoms with E-state index in [2.05, 4.69) is 30.6 Å². The standard InChI is InChI=1S/C15H25NO2S/c1-5-18-15-8-13(6-7-14(15)17-3)10-16-9-12(2)11-19-4/h6-8,12,16H,5,9-11H2,1-4H3. The quantitative estimate of drug-likeness (QED) is 0.754. The Morgan fingerprint density at radius 2 is 2.11 bits per heavy atom. The molecule has 0 aliphatic rings. The number of methoxy groups -OCH3 is 1. The molecule has 1 rings (SSSR count). The Labute approximate surface area is 121 Å². The molecule has 0 heterocycles. The number of hydrogen-bond acceptors (Lipinski definition) is 4. The molecule has 0 saturated carbocycles. The minimum Gasteiger partial charge on any atom is -0.493 e. The lowest BCUT2D eigenvalue weighted by atomic mass is 10.2. The van der Waals surface area contributed by atoms with Crippen LogP contribution in [0.4, 0.5) is 0 Å². The summed E-state index contributed by atoms with van der Waals surface area (Å²) < 4.78 is 10.9. The van der Waals surface area contributed by atoms with E-state index < -0.39 is 0 Å². The van der Waals surface area contributed by atoms with E-state index in [1.807, 2.05) is 24.8 Å². The highest BCUT2D eigenvalue weighted by Crippen LogP contribution is 2.27. The van der Waals surface area contributed by atoms with Gasteiger partial charge in [0.2, 0.25) is 0 Å². The Morgan fingerprint density at radius 3 is 2.74 bits per heavy atom. The fourth-order valence-corrected chi connectivity index (χ4v) is 2.59. The summed E-state index contributed by atoms with van der Waals surface area (Å²) in [6.45, 7) is 6.80. The molecule has 0 bridgehead atoms. The van der Waals surface area contributed by atoms with E-state index >= 15 is 0 Å². The average Bonchev–Trinajstić information content (AvgIpc) is 2.40. The van der Waals surface area contributed by atoms with Crippen LogP contribution in [0.2, 0.25) is 0 Å². The second kappa shape index (κ2) is 9.10. The zero-order chi connectivity index (χ0) is 14.1. The molecule has 1 atom stereocenters. The third kappa shape index (κ3) is 5.74. The maximum atomic E-state index is 5.58. The predicted octanol–water partition coefficient (Wildman–Crippen LogP) is 3.18. The summed E-state index contributed by atoms with van der Waals surface area (Å²) in [6, 6.07) is 6.09. The first kappa shape index (κ1) is 16.2. The molecule has 0 aliphatic carbocycles. The van der Waals surface area contributed by atoms with Crippen LogP contribution in [0.15, 0.2) is 18.2 Å². The van der Waals surface area contributed by atoms with Crippen molar-refractivity contribution in [2.45, 2.75) is 20.4 Å². The SMILES string of the molecule is CCOc1cc(CNCC(C)CSC)ccc1OC. The fourth-order valence-electron chi connectivity index (χ4n) is 1.91. The summed E-state index contributed by atoms with van der Waals surface area (Å²) in [7, 11) is 1.67. The smallest absolute Gasteiger partial charge is 0.161 e. The Morgan fingerprint density at radius 1 is 1.32 bits per heavy atom. The number of benzene rings is 1. The zero-order valence-corrected chi connectivity index (χ0v) is 13.2. The van der Waals surface area contributed by atoms with Gasteiger partial charge in [0, 0.05) is 6.54 Å². The van der Waals surface area contributed by atoms with Gasteiger partial charge in [-0.15, -0.1) is 0 Å². The van der Waals surface area contributed by atoms with Crippen LogP contribution in [0.1, 0.15) is 19.4 Å². The lowest BCUT2D eigenvalue weighted by molar-refractivity contribution is 0.310. The van der Waals surface area contributed by atoms with E-state index in [1.54, 1.807) is 7.11 Å². The summed E-state index contributed by atoms with van der Waals surface area (Å²) in [4.78, 5) is 0. The third-order valence-corrected chi connectivity index (χ3v) is 3.70. The first-order chi connectivity index (χ1) is 9.21. The maximum Gasteiger partial charge on any atom is 0.161 e. The van der Waals surface area contributed by atoms with Crippen LogP contribution in [0, 0.1) is 5.92 Å². The highest BCUT2D eigenvalue weighted by molar-refractivity contribution is 7.98. The van der Waals surface area contributed by atoms with Gasteiger partial charge in [0.05, 0.1) is 13.7 Å². The van der Waals surface area contributed by atoms with E-state index in [9.17, 15) is 0 Å². The van der Waals surface area contributed by atoms with Crippen molar-refractivity contribution < 1.29 is 9.47 Å². The van der Waals surface area contributed by atoms with E-state index in [0.29, 0.717) is 12.5 Å². The highest BCUT2D eigenvalue weighted by Gasteiger charge is 2.06. The molecule has 1 aromatic carbocycles. The maximum absolute atomic E-state index is 5.58. The lowest BCUT2D eigenvalue weighted by Gasteiger charge is -2.13. The van der Waals surface area contributed by atoms with Gasteiger partial charge >= 0.3 is 0 Å². The summed E-state index contributed by atoms with van der Waals surface area (Å²) in [5.74, 6) is 3.50. The molecule has 0 fully saturated rings. The van der Waals surface area contributed by atoms with Crippen LogP contribution >= 0.6 is 11.8 Å². The number of ether oxygens (including phenoxy) is 2. The van der Waals surface area contributed by atoms with Crippen LogP contribution in [0.3, 0.4) is 0 Å². The molecule has 108 valence electrons. The first-order valence-corrected chi connectivity index (χ1v) is 8.10. The third-order valence-electron chi connectivity index (χ3n) is 2.80. The van der Waals surface area contributed by atoms with Gasteiger partial charge in [-0.05, 0) is 49.1 Å². The molecule has 4 heteroatoms. The summed E-state index contributed by atoms with van der Waals surface area (Å²) in [5.41, 5.74) is 1.22. The summed E-state index contributed by atoms with van der Waals surface area (Å²) >= 11 is 1.89. The van der Waals surface area contributed by atoms with Gasteiger partial charge in [0.15, 0.2) is 11.5 Å². The second-order valence-corrected chi connectivity index (χ2v) is 5.52. The number of hydrogen-bond donors (Lipinski definition) is 1. The summed E-state index contributed by atoms with van der Waals surface area (Å²) in [6.07, 6.45) is 2.15. The first-order valence-electron chi connectivity index (χ1n) is 6.70. The van der Waals surface area contributed by atoms with Crippen molar-refractivity contribution in [3.8, 4) is 11.5 Å². The van der Waals surface area contributed by atoms with Crippen molar-refractivity contribution in [1.29, 1.82) is 0 Å². The topological polar surface area (TPSA) is 30.5 Å². The van der Waals surface area contributed by atoms with Crippen molar-refractivity contribution >= 4 is 11.8 Å². The molecule has 0 spiro atoms. The van der Waals surface area contributed by atoms with Gasteiger partial charge in [-0.25, -0.2) is 0 Å². The zero-order valence-electron chi connectivity index (χ0n) is 12.4. The number of thioether (sulfide) groups is 1. The van der Waals surface area contributed by atoms with Crippen LogP contribution in [-0.2, 0) is 6.54 Å². The molecule has 3 nitrogen and oxygen atoms in total. The largest absolute Gasteiger partial charge is 0.493 e. The van der Waals surface area contributed by atoms with E-state index in [-0.39, 0.29) is 0 Å². The van der Waals surface area contributed by atoms with Crippen LogP contribution in [-0.4, -0.2) is 32.3 Å². The van der Waals surface area contributed by atoms with Gasteiger partial charge < -0.3 is 14.8 Å². The Balaban J connectivity index is 2.52. The number of nitrogens with one attached hydrogen (secondary N) is 1. The average molecular weight is 283 g/mol. The highest BCUT2D eigenvalue weighted by atomic mass is 32.2. The van der Waals surface area contributed by atoms with Crippen LogP contribution in [0.25, 0.3) is 0 Å². The molecule has 0 radical (unpaired) electrons. The molecular formula is C15H25NO2S. The Bertz CT molecular complexity index is 371. The lowest BCUT2D eigenvalue weighted by Crippen LogP contribution is -2.22. The molecule has 1 aromatic rings. The molecule has 0 aliphatic heterocycles. The van der Waals surface area contributed by atoms with Gasteiger partial charge in [0.25, 0.3) is 0 Å². The van der Waals surface area contributed by atoms with Gasteiger partial charge in [-0.1, -0.05) is 13.0 Å². The minimum atomic E-state index is 0.651. The van der Waals surface area contributed by atoms with E-state index in [4.69, 9.17) is 9.47 Å². The normalized spacial score (nSPS) is 12.2. The molecule has 1 N–H and O–H groups in total. The molecule has 0 aromatic heterocycles. The molecule has 0 saturated heterocycles.